The van der Waals surface area contributed by atoms with Crippen LogP contribution in [-0.4, -0.2) is 20.9 Å². The van der Waals surface area contributed by atoms with Gasteiger partial charge in [-0.15, -0.1) is 0 Å². The summed E-state index contributed by atoms with van der Waals surface area (Å²) in [7, 11) is 0. The van der Waals surface area contributed by atoms with Gasteiger partial charge in [0.2, 0.25) is 11.8 Å². The van der Waals surface area contributed by atoms with Crippen molar-refractivity contribution in [2.45, 2.75) is 6.42 Å². The number of anilines is 1. The Morgan fingerprint density at radius 1 is 1.19 bits per heavy atom. The van der Waals surface area contributed by atoms with Crippen molar-refractivity contribution in [3.8, 4) is 11.6 Å². The molecule has 8 heteroatoms. The van der Waals surface area contributed by atoms with Crippen molar-refractivity contribution in [1.29, 1.82) is 0 Å². The highest BCUT2D eigenvalue weighted by atomic mass is 79.9. The Kier molecular flexibility index (Phi) is 5.08. The zero-order valence-electron chi connectivity index (χ0n) is 13.9. The summed E-state index contributed by atoms with van der Waals surface area (Å²) in [6.45, 7) is 0. The number of halogens is 1. The summed E-state index contributed by atoms with van der Waals surface area (Å²) >= 11 is 4.75. The maximum atomic E-state index is 12.2. The Hall–Kier alpha value is -2.84. The van der Waals surface area contributed by atoms with E-state index in [1.54, 1.807) is 6.20 Å². The van der Waals surface area contributed by atoms with Crippen LogP contribution in [0.15, 0.2) is 65.5 Å². The summed E-state index contributed by atoms with van der Waals surface area (Å²) in [4.78, 5) is 24.7. The summed E-state index contributed by atoms with van der Waals surface area (Å²) in [6, 6.07) is 15.1. The van der Waals surface area contributed by atoms with E-state index in [9.17, 15) is 4.79 Å². The molecule has 0 saturated heterocycles. The van der Waals surface area contributed by atoms with Crippen molar-refractivity contribution in [2.24, 2.45) is 0 Å². The minimum Gasteiger partial charge on any atom is -0.438 e. The van der Waals surface area contributed by atoms with Crippen LogP contribution in [0.4, 0.5) is 5.13 Å². The standard InChI is InChI=1S/C19H13BrN4O2S/c20-14-10-21-11-22-18(14)26-13-6-7-15-16(9-13)27-19(23-15)24-17(25)8-12-4-2-1-3-5-12/h1-7,9-11H,8H2,(H,23,24,25). The second kappa shape index (κ2) is 7.81. The number of carbonyl (C=O) groups is 1. The molecule has 4 rings (SSSR count). The molecule has 2 aromatic carbocycles. The van der Waals surface area contributed by atoms with Crippen molar-refractivity contribution >= 4 is 48.5 Å². The zero-order valence-corrected chi connectivity index (χ0v) is 16.3. The maximum absolute atomic E-state index is 12.2. The first-order chi connectivity index (χ1) is 13.2. The Morgan fingerprint density at radius 2 is 2.04 bits per heavy atom. The van der Waals surface area contributed by atoms with Gasteiger partial charge in [0, 0.05) is 12.3 Å². The topological polar surface area (TPSA) is 77.0 Å². The van der Waals surface area contributed by atoms with Crippen LogP contribution < -0.4 is 10.1 Å². The van der Waals surface area contributed by atoms with Gasteiger partial charge in [0.1, 0.15) is 12.1 Å². The summed E-state index contributed by atoms with van der Waals surface area (Å²) in [5, 5.41) is 3.42. The number of nitrogens with one attached hydrogen (secondary N) is 1. The smallest absolute Gasteiger partial charge is 0.236 e. The lowest BCUT2D eigenvalue weighted by atomic mass is 10.1. The van der Waals surface area contributed by atoms with Crippen LogP contribution in [-0.2, 0) is 11.2 Å². The highest BCUT2D eigenvalue weighted by molar-refractivity contribution is 9.10. The monoisotopic (exact) mass is 440 g/mol. The molecule has 4 aromatic rings. The molecule has 0 saturated carbocycles. The fourth-order valence-electron chi connectivity index (χ4n) is 2.45. The number of thiazole rings is 1. The number of benzene rings is 2. The first-order valence-corrected chi connectivity index (χ1v) is 9.66. The number of amides is 1. The molecular weight excluding hydrogens is 428 g/mol. The number of rotatable bonds is 5. The lowest BCUT2D eigenvalue weighted by molar-refractivity contribution is -0.115. The normalized spacial score (nSPS) is 10.7. The molecule has 2 aromatic heterocycles. The van der Waals surface area contributed by atoms with Gasteiger partial charge >= 0.3 is 0 Å². The number of hydrogen-bond acceptors (Lipinski definition) is 6. The third kappa shape index (κ3) is 4.29. The van der Waals surface area contributed by atoms with Crippen LogP contribution in [0, 0.1) is 0 Å². The third-order valence-electron chi connectivity index (χ3n) is 3.66. The Labute approximate surface area is 167 Å². The lowest BCUT2D eigenvalue weighted by Crippen LogP contribution is -2.13. The molecule has 0 atom stereocenters. The van der Waals surface area contributed by atoms with E-state index in [0.717, 1.165) is 15.8 Å². The minimum absolute atomic E-state index is 0.0957. The molecule has 6 nitrogen and oxygen atoms in total. The van der Waals surface area contributed by atoms with Crippen molar-refractivity contribution < 1.29 is 9.53 Å². The van der Waals surface area contributed by atoms with Crippen molar-refractivity contribution in [3.63, 3.8) is 0 Å². The lowest BCUT2D eigenvalue weighted by Gasteiger charge is -2.05. The van der Waals surface area contributed by atoms with Gasteiger partial charge in [0.25, 0.3) is 0 Å². The highest BCUT2D eigenvalue weighted by Crippen LogP contribution is 2.32. The van der Waals surface area contributed by atoms with Crippen molar-refractivity contribution in [2.75, 3.05) is 5.32 Å². The molecule has 0 aliphatic carbocycles. The van der Waals surface area contributed by atoms with Gasteiger partial charge in [0.05, 0.1) is 21.1 Å². The Bertz CT molecular complexity index is 1100. The molecule has 1 amide bonds. The predicted octanol–water partition coefficient (Wildman–Crippen LogP) is 4.82. The summed E-state index contributed by atoms with van der Waals surface area (Å²) in [5.41, 5.74) is 1.76. The van der Waals surface area contributed by atoms with E-state index in [0.29, 0.717) is 27.7 Å². The van der Waals surface area contributed by atoms with E-state index < -0.39 is 0 Å². The molecule has 0 unspecified atom stereocenters. The SMILES string of the molecule is O=C(Cc1ccccc1)Nc1nc2ccc(Oc3ncncc3Br)cc2s1. The summed E-state index contributed by atoms with van der Waals surface area (Å²) < 4.78 is 7.36. The second-order valence-electron chi connectivity index (χ2n) is 5.64. The molecule has 2 heterocycles. The highest BCUT2D eigenvalue weighted by Gasteiger charge is 2.11. The molecule has 0 aliphatic rings. The summed E-state index contributed by atoms with van der Waals surface area (Å²) in [6.07, 6.45) is 3.35. The Balaban J connectivity index is 1.49. The van der Waals surface area contributed by atoms with E-state index >= 15 is 0 Å². The maximum Gasteiger partial charge on any atom is 0.236 e. The molecule has 27 heavy (non-hydrogen) atoms. The van der Waals surface area contributed by atoms with E-state index in [1.165, 1.54) is 17.7 Å². The number of nitrogens with zero attached hydrogens (tertiary/aromatic N) is 3. The van der Waals surface area contributed by atoms with E-state index in [-0.39, 0.29) is 5.91 Å². The largest absolute Gasteiger partial charge is 0.438 e. The second-order valence-corrected chi connectivity index (χ2v) is 7.52. The van der Waals surface area contributed by atoms with Gasteiger partial charge in [-0.3, -0.25) is 4.79 Å². The molecule has 0 bridgehead atoms. The first kappa shape index (κ1) is 17.6. The predicted molar refractivity (Wildman–Crippen MR) is 108 cm³/mol. The number of hydrogen-bond donors (Lipinski definition) is 1. The quantitative estimate of drug-likeness (QED) is 0.481. The van der Waals surface area contributed by atoms with Gasteiger partial charge < -0.3 is 10.1 Å². The first-order valence-electron chi connectivity index (χ1n) is 8.05. The molecule has 0 spiro atoms. The number of fused-ring (bicyclic) bond motifs is 1. The Morgan fingerprint density at radius 3 is 2.85 bits per heavy atom. The molecule has 1 N–H and O–H groups in total. The van der Waals surface area contributed by atoms with E-state index in [2.05, 4.69) is 36.2 Å². The molecule has 134 valence electrons. The zero-order chi connectivity index (χ0) is 18.6. The molecular formula is C19H13BrN4O2S. The number of ether oxygens (including phenoxy) is 1. The van der Waals surface area contributed by atoms with Gasteiger partial charge in [0.15, 0.2) is 5.13 Å². The van der Waals surface area contributed by atoms with Crippen LogP contribution in [0.1, 0.15) is 5.56 Å². The van der Waals surface area contributed by atoms with Crippen LogP contribution >= 0.6 is 27.3 Å². The van der Waals surface area contributed by atoms with Gasteiger partial charge in [-0.2, -0.15) is 0 Å². The van der Waals surface area contributed by atoms with Crippen LogP contribution in [0.5, 0.6) is 11.6 Å². The van der Waals surface area contributed by atoms with E-state index in [1.807, 2.05) is 48.5 Å². The van der Waals surface area contributed by atoms with Crippen molar-refractivity contribution in [3.05, 3.63) is 71.1 Å². The van der Waals surface area contributed by atoms with Crippen LogP contribution in [0.3, 0.4) is 0 Å². The third-order valence-corrected chi connectivity index (χ3v) is 5.14. The molecule has 0 aliphatic heterocycles. The van der Waals surface area contributed by atoms with Gasteiger partial charge in [-0.1, -0.05) is 41.7 Å². The average molecular weight is 441 g/mol. The molecule has 0 radical (unpaired) electrons. The van der Waals surface area contributed by atoms with E-state index in [4.69, 9.17) is 4.74 Å². The number of carbonyl (C=O) groups excluding carboxylic acids is 1. The van der Waals surface area contributed by atoms with Crippen molar-refractivity contribution in [1.82, 2.24) is 15.0 Å². The molecule has 0 fully saturated rings. The average Bonchev–Trinajstić information content (AvgIpc) is 3.05. The number of aromatic nitrogens is 3. The fourth-order valence-corrected chi connectivity index (χ4v) is 3.67. The van der Waals surface area contributed by atoms with Gasteiger partial charge in [-0.05, 0) is 33.6 Å². The minimum atomic E-state index is -0.0957. The van der Waals surface area contributed by atoms with Gasteiger partial charge in [-0.25, -0.2) is 15.0 Å². The van der Waals surface area contributed by atoms with Crippen LogP contribution in [0.2, 0.25) is 0 Å². The van der Waals surface area contributed by atoms with Crippen LogP contribution in [0.25, 0.3) is 10.2 Å². The summed E-state index contributed by atoms with van der Waals surface area (Å²) in [5.74, 6) is 0.972. The fraction of sp³-hybridized carbons (Fsp3) is 0.0526.